The number of carboxylic acid groups (broad SMARTS) is 1. The molecule has 2 heterocycles. The fraction of sp³-hybridized carbons (Fsp3) is 0.389. The number of hydrogen-bond donors (Lipinski definition) is 1. The number of carbonyl (C=O) groups excluding carboxylic acids is 1. The maximum Gasteiger partial charge on any atom is 0.326 e. The molecule has 2 aromatic rings. The number of hydrogen-bond acceptors (Lipinski definition) is 5. The predicted octanol–water partition coefficient (Wildman–Crippen LogP) is 2.74. The van der Waals surface area contributed by atoms with Crippen LogP contribution in [0.5, 0.6) is 5.75 Å². The van der Waals surface area contributed by atoms with Crippen molar-refractivity contribution in [1.29, 1.82) is 0 Å². The molecule has 132 valence electrons. The van der Waals surface area contributed by atoms with Gasteiger partial charge in [-0.1, -0.05) is 0 Å². The number of aryl methyl sites for hydroxylation is 1. The van der Waals surface area contributed by atoms with Crippen LogP contribution in [-0.2, 0) is 4.79 Å². The normalized spacial score (nSPS) is 17.4. The van der Waals surface area contributed by atoms with E-state index < -0.39 is 17.9 Å². The number of methoxy groups -OCH3 is 1. The highest BCUT2D eigenvalue weighted by atomic mass is 16.5. The molecule has 25 heavy (non-hydrogen) atoms. The quantitative estimate of drug-likeness (QED) is 0.917. The summed E-state index contributed by atoms with van der Waals surface area (Å²) in [6, 6.07) is 6.34. The number of ether oxygens (including phenoxy) is 1. The fourth-order valence-corrected chi connectivity index (χ4v) is 3.02. The lowest BCUT2D eigenvalue weighted by Gasteiger charge is -2.32. The van der Waals surface area contributed by atoms with Crippen LogP contribution in [0.25, 0.3) is 11.5 Å². The Bertz CT molecular complexity index is 781. The molecule has 7 heteroatoms. The van der Waals surface area contributed by atoms with E-state index in [2.05, 4.69) is 4.98 Å². The third kappa shape index (κ3) is 3.35. The molecule has 0 spiro atoms. The van der Waals surface area contributed by atoms with E-state index in [1.807, 2.05) is 0 Å². The van der Waals surface area contributed by atoms with Crippen molar-refractivity contribution in [3.05, 3.63) is 35.7 Å². The lowest BCUT2D eigenvalue weighted by molar-refractivity contribution is -0.143. The standard InChI is InChI=1S/C18H20N2O5/c1-11-15(17(21)20-10-4-3-5-14(20)18(22)23)19-16(25-11)12-6-8-13(24-2)9-7-12/h6-9,14H,3-5,10H2,1-2H3,(H,22,23)/t14-/m1/s1. The molecule has 0 bridgehead atoms. The second-order valence-corrected chi connectivity index (χ2v) is 6.00. The van der Waals surface area contributed by atoms with Crippen molar-refractivity contribution >= 4 is 11.9 Å². The molecule has 3 rings (SSSR count). The summed E-state index contributed by atoms with van der Waals surface area (Å²) in [7, 11) is 1.58. The van der Waals surface area contributed by atoms with Gasteiger partial charge in [-0.25, -0.2) is 9.78 Å². The second kappa shape index (κ2) is 6.96. The molecule has 1 aliphatic rings. The number of amides is 1. The zero-order valence-electron chi connectivity index (χ0n) is 14.2. The molecule has 0 aliphatic carbocycles. The van der Waals surface area contributed by atoms with Crippen LogP contribution in [0.3, 0.4) is 0 Å². The van der Waals surface area contributed by atoms with Crippen LogP contribution in [0.1, 0.15) is 35.5 Å². The SMILES string of the molecule is COc1ccc(-c2nc(C(=O)N3CCCC[C@@H]3C(=O)O)c(C)o2)cc1. The van der Waals surface area contributed by atoms with Gasteiger partial charge in [-0.3, -0.25) is 4.79 Å². The van der Waals surface area contributed by atoms with Crippen LogP contribution >= 0.6 is 0 Å². The maximum absolute atomic E-state index is 12.8. The van der Waals surface area contributed by atoms with Crippen molar-refractivity contribution in [2.45, 2.75) is 32.2 Å². The number of likely N-dealkylation sites (tertiary alicyclic amines) is 1. The van der Waals surface area contributed by atoms with E-state index in [1.54, 1.807) is 38.3 Å². The van der Waals surface area contributed by atoms with Crippen molar-refractivity contribution in [3.8, 4) is 17.2 Å². The van der Waals surface area contributed by atoms with E-state index in [-0.39, 0.29) is 5.69 Å². The van der Waals surface area contributed by atoms with Crippen LogP contribution in [0.15, 0.2) is 28.7 Å². The van der Waals surface area contributed by atoms with Crippen LogP contribution in [0.2, 0.25) is 0 Å². The molecule has 0 saturated carbocycles. The molecule has 1 aromatic carbocycles. The summed E-state index contributed by atoms with van der Waals surface area (Å²) in [4.78, 5) is 29.9. The molecule has 1 fully saturated rings. The first-order chi connectivity index (χ1) is 12.0. The van der Waals surface area contributed by atoms with Crippen LogP contribution < -0.4 is 4.74 Å². The smallest absolute Gasteiger partial charge is 0.326 e. The Morgan fingerprint density at radius 1 is 1.28 bits per heavy atom. The molecule has 0 unspecified atom stereocenters. The van der Waals surface area contributed by atoms with Gasteiger partial charge in [0, 0.05) is 12.1 Å². The number of benzene rings is 1. The zero-order valence-corrected chi connectivity index (χ0v) is 14.2. The number of carboxylic acids is 1. The fourth-order valence-electron chi connectivity index (χ4n) is 3.02. The Morgan fingerprint density at radius 3 is 2.64 bits per heavy atom. The van der Waals surface area contributed by atoms with E-state index in [4.69, 9.17) is 9.15 Å². The number of aliphatic carboxylic acids is 1. The number of oxazole rings is 1. The molecular weight excluding hydrogens is 324 g/mol. The highest BCUT2D eigenvalue weighted by Crippen LogP contribution is 2.26. The van der Waals surface area contributed by atoms with Gasteiger partial charge in [0.05, 0.1) is 7.11 Å². The summed E-state index contributed by atoms with van der Waals surface area (Å²) in [5.74, 6) is 0.0385. The second-order valence-electron chi connectivity index (χ2n) is 6.00. The summed E-state index contributed by atoms with van der Waals surface area (Å²) in [5.41, 5.74) is 0.885. The van der Waals surface area contributed by atoms with Crippen molar-refractivity contribution in [2.24, 2.45) is 0 Å². The molecule has 7 nitrogen and oxygen atoms in total. The van der Waals surface area contributed by atoms with Gasteiger partial charge >= 0.3 is 5.97 Å². The number of carbonyl (C=O) groups is 2. The average Bonchev–Trinajstić information content (AvgIpc) is 3.03. The highest BCUT2D eigenvalue weighted by molar-refractivity contribution is 5.96. The lowest BCUT2D eigenvalue weighted by atomic mass is 10.0. The Hall–Kier alpha value is -2.83. The van der Waals surface area contributed by atoms with Crippen molar-refractivity contribution in [1.82, 2.24) is 9.88 Å². The van der Waals surface area contributed by atoms with Gasteiger partial charge < -0.3 is 19.2 Å². The van der Waals surface area contributed by atoms with Gasteiger partial charge in [-0.15, -0.1) is 0 Å². The molecule has 1 N–H and O–H groups in total. The molecule has 0 radical (unpaired) electrons. The minimum atomic E-state index is -0.982. The molecule has 1 aromatic heterocycles. The van der Waals surface area contributed by atoms with Crippen LogP contribution in [0.4, 0.5) is 0 Å². The zero-order chi connectivity index (χ0) is 18.0. The van der Waals surface area contributed by atoms with E-state index in [0.29, 0.717) is 30.4 Å². The predicted molar refractivity (Wildman–Crippen MR) is 89.5 cm³/mol. The third-order valence-electron chi connectivity index (χ3n) is 4.38. The lowest BCUT2D eigenvalue weighted by Crippen LogP contribution is -2.48. The van der Waals surface area contributed by atoms with Crippen LogP contribution in [0, 0.1) is 6.92 Å². The van der Waals surface area contributed by atoms with Crippen LogP contribution in [-0.4, -0.2) is 46.6 Å². The minimum Gasteiger partial charge on any atom is -0.497 e. The highest BCUT2D eigenvalue weighted by Gasteiger charge is 2.34. The van der Waals surface area contributed by atoms with E-state index in [1.165, 1.54) is 4.90 Å². The van der Waals surface area contributed by atoms with E-state index >= 15 is 0 Å². The molecular formula is C18H20N2O5. The minimum absolute atomic E-state index is 0.166. The Kier molecular flexibility index (Phi) is 4.74. The number of rotatable bonds is 4. The molecule has 1 atom stereocenters. The number of nitrogens with zero attached hydrogens (tertiary/aromatic N) is 2. The summed E-state index contributed by atoms with van der Waals surface area (Å²) >= 11 is 0. The van der Waals surface area contributed by atoms with E-state index in [0.717, 1.165) is 18.4 Å². The van der Waals surface area contributed by atoms with Gasteiger partial charge in [-0.05, 0) is 50.5 Å². The third-order valence-corrected chi connectivity index (χ3v) is 4.38. The van der Waals surface area contributed by atoms with Crippen molar-refractivity contribution in [2.75, 3.05) is 13.7 Å². The summed E-state index contributed by atoms with van der Waals surface area (Å²) in [5, 5.41) is 9.36. The van der Waals surface area contributed by atoms with Crippen molar-refractivity contribution in [3.63, 3.8) is 0 Å². The largest absolute Gasteiger partial charge is 0.497 e. The maximum atomic E-state index is 12.8. The Balaban J connectivity index is 1.88. The first-order valence-corrected chi connectivity index (χ1v) is 8.17. The summed E-state index contributed by atoms with van der Waals surface area (Å²) in [6.45, 7) is 2.08. The first-order valence-electron chi connectivity index (χ1n) is 8.17. The Labute approximate surface area is 145 Å². The number of aromatic nitrogens is 1. The van der Waals surface area contributed by atoms with Gasteiger partial charge in [0.15, 0.2) is 5.69 Å². The summed E-state index contributed by atoms with van der Waals surface area (Å²) < 4.78 is 10.8. The van der Waals surface area contributed by atoms with Gasteiger partial charge in [0.2, 0.25) is 5.89 Å². The van der Waals surface area contributed by atoms with Gasteiger partial charge in [0.1, 0.15) is 17.6 Å². The van der Waals surface area contributed by atoms with Gasteiger partial charge in [-0.2, -0.15) is 0 Å². The Morgan fingerprint density at radius 2 is 2.00 bits per heavy atom. The topological polar surface area (TPSA) is 92.9 Å². The van der Waals surface area contributed by atoms with E-state index in [9.17, 15) is 14.7 Å². The average molecular weight is 344 g/mol. The van der Waals surface area contributed by atoms with Gasteiger partial charge in [0.25, 0.3) is 5.91 Å². The molecule has 1 saturated heterocycles. The molecule has 1 amide bonds. The number of piperidine rings is 1. The first kappa shape index (κ1) is 17.0. The van der Waals surface area contributed by atoms with Crippen molar-refractivity contribution < 1.29 is 23.8 Å². The monoisotopic (exact) mass is 344 g/mol. The summed E-state index contributed by atoms with van der Waals surface area (Å²) in [6.07, 6.45) is 2.05. The molecule has 1 aliphatic heterocycles.